The van der Waals surface area contributed by atoms with Gasteiger partial charge in [0.1, 0.15) is 16.8 Å². The molecule has 4 rings (SSSR count). The molecule has 0 aliphatic rings. The lowest BCUT2D eigenvalue weighted by atomic mass is 10.1. The lowest BCUT2D eigenvalue weighted by Crippen LogP contribution is -2.08. The predicted molar refractivity (Wildman–Crippen MR) is 114 cm³/mol. The highest BCUT2D eigenvalue weighted by Crippen LogP contribution is 2.42. The standard InChI is InChI=1S/C20H13Cl2FN2O4S/c1-8(15-12(21)2-3-13(23)16(15)22)29-18-17-10(5-25-19(18)24)11(6-28-17)9-4-14(20(26)27)30-7-9/h2-8H,1H3,(H2,24,25)(H,26,27). The number of hydrogen-bond acceptors (Lipinski definition) is 6. The smallest absolute Gasteiger partial charge is 0.345 e. The minimum Gasteiger partial charge on any atom is -0.478 e. The number of furan rings is 1. The van der Waals surface area contributed by atoms with E-state index < -0.39 is 17.9 Å². The van der Waals surface area contributed by atoms with E-state index in [-0.39, 0.29) is 32.1 Å². The van der Waals surface area contributed by atoms with E-state index in [0.29, 0.717) is 22.1 Å². The third kappa shape index (κ3) is 3.47. The van der Waals surface area contributed by atoms with Gasteiger partial charge in [-0.1, -0.05) is 23.2 Å². The maximum absolute atomic E-state index is 13.9. The van der Waals surface area contributed by atoms with Crippen LogP contribution in [0.2, 0.25) is 10.0 Å². The number of ether oxygens (including phenoxy) is 1. The highest BCUT2D eigenvalue weighted by molar-refractivity contribution is 7.12. The molecule has 6 nitrogen and oxygen atoms in total. The number of pyridine rings is 1. The van der Waals surface area contributed by atoms with Gasteiger partial charge in [0.15, 0.2) is 11.4 Å². The van der Waals surface area contributed by atoms with Gasteiger partial charge >= 0.3 is 5.97 Å². The van der Waals surface area contributed by atoms with E-state index in [2.05, 4.69) is 4.98 Å². The first-order valence-electron chi connectivity index (χ1n) is 8.55. The first kappa shape index (κ1) is 20.5. The van der Waals surface area contributed by atoms with E-state index in [4.69, 9.17) is 43.2 Å². The van der Waals surface area contributed by atoms with Gasteiger partial charge in [0.05, 0.1) is 16.7 Å². The van der Waals surface area contributed by atoms with Crippen molar-refractivity contribution in [2.24, 2.45) is 0 Å². The summed E-state index contributed by atoms with van der Waals surface area (Å²) in [4.78, 5) is 15.5. The summed E-state index contributed by atoms with van der Waals surface area (Å²) in [6, 6.07) is 4.10. The van der Waals surface area contributed by atoms with Gasteiger partial charge in [-0.05, 0) is 36.1 Å². The molecule has 0 spiro atoms. The quantitative estimate of drug-likeness (QED) is 0.329. The zero-order chi connectivity index (χ0) is 21.6. The molecule has 1 unspecified atom stereocenters. The second-order valence-electron chi connectivity index (χ2n) is 6.39. The second kappa shape index (κ2) is 7.79. The number of carboxylic acid groups (broad SMARTS) is 1. The first-order chi connectivity index (χ1) is 14.3. The summed E-state index contributed by atoms with van der Waals surface area (Å²) in [5.41, 5.74) is 7.89. The highest BCUT2D eigenvalue weighted by atomic mass is 35.5. The largest absolute Gasteiger partial charge is 0.478 e. The highest BCUT2D eigenvalue weighted by Gasteiger charge is 2.23. The first-order valence-corrected chi connectivity index (χ1v) is 10.2. The van der Waals surface area contributed by atoms with E-state index in [1.54, 1.807) is 18.4 Å². The molecule has 3 heterocycles. The van der Waals surface area contributed by atoms with Crippen molar-refractivity contribution in [3.8, 4) is 16.9 Å². The Morgan fingerprint density at radius 2 is 2.17 bits per heavy atom. The Balaban J connectivity index is 1.77. The van der Waals surface area contributed by atoms with E-state index in [1.165, 1.54) is 24.6 Å². The molecule has 0 bridgehead atoms. The van der Waals surface area contributed by atoms with E-state index >= 15 is 0 Å². The molecular weight excluding hydrogens is 454 g/mol. The number of halogens is 3. The van der Waals surface area contributed by atoms with Crippen molar-refractivity contribution in [1.82, 2.24) is 4.98 Å². The Bertz CT molecular complexity index is 1290. The molecule has 0 fully saturated rings. The molecular formula is C20H13Cl2FN2O4S. The topological polar surface area (TPSA) is 98.6 Å². The fourth-order valence-corrected chi connectivity index (χ4v) is 4.48. The van der Waals surface area contributed by atoms with Gasteiger partial charge in [-0.2, -0.15) is 0 Å². The van der Waals surface area contributed by atoms with Crippen LogP contribution in [-0.4, -0.2) is 16.1 Å². The number of nitrogens with two attached hydrogens (primary N) is 1. The van der Waals surface area contributed by atoms with Gasteiger partial charge in [-0.25, -0.2) is 14.2 Å². The summed E-state index contributed by atoms with van der Waals surface area (Å²) in [6.45, 7) is 1.65. The van der Waals surface area contributed by atoms with Crippen molar-refractivity contribution >= 4 is 57.3 Å². The molecule has 0 saturated carbocycles. The summed E-state index contributed by atoms with van der Waals surface area (Å²) in [5.74, 6) is -1.42. The summed E-state index contributed by atoms with van der Waals surface area (Å²) in [5, 5.41) is 11.5. The maximum atomic E-state index is 13.9. The number of carbonyl (C=O) groups is 1. The maximum Gasteiger partial charge on any atom is 0.345 e. The van der Waals surface area contributed by atoms with Crippen molar-refractivity contribution in [2.45, 2.75) is 13.0 Å². The molecule has 0 saturated heterocycles. The molecule has 3 N–H and O–H groups in total. The third-order valence-electron chi connectivity index (χ3n) is 4.50. The molecule has 0 aliphatic heterocycles. The zero-order valence-electron chi connectivity index (χ0n) is 15.3. The van der Waals surface area contributed by atoms with Crippen molar-refractivity contribution in [3.63, 3.8) is 0 Å². The second-order valence-corrected chi connectivity index (χ2v) is 8.08. The number of thiophene rings is 1. The van der Waals surface area contributed by atoms with E-state index in [1.807, 2.05) is 0 Å². The van der Waals surface area contributed by atoms with Gasteiger partial charge < -0.3 is 20.0 Å². The van der Waals surface area contributed by atoms with E-state index in [9.17, 15) is 9.18 Å². The molecule has 30 heavy (non-hydrogen) atoms. The molecule has 154 valence electrons. The minimum atomic E-state index is -1.01. The summed E-state index contributed by atoms with van der Waals surface area (Å²) < 4.78 is 25.5. The van der Waals surface area contributed by atoms with Gasteiger partial charge in [0, 0.05) is 22.3 Å². The van der Waals surface area contributed by atoms with Crippen LogP contribution in [0.4, 0.5) is 10.2 Å². The van der Waals surface area contributed by atoms with Crippen molar-refractivity contribution in [2.75, 3.05) is 5.73 Å². The average molecular weight is 467 g/mol. The normalized spacial score (nSPS) is 12.3. The Kier molecular flexibility index (Phi) is 5.31. The number of aromatic nitrogens is 1. The molecule has 0 radical (unpaired) electrons. The van der Waals surface area contributed by atoms with Crippen molar-refractivity contribution in [3.05, 3.63) is 62.3 Å². The number of fused-ring (bicyclic) bond motifs is 1. The molecule has 3 aromatic heterocycles. The number of hydrogen-bond donors (Lipinski definition) is 2. The SMILES string of the molecule is CC(Oc1c(N)ncc2c(-c3csc(C(=O)O)c3)coc12)c1c(Cl)ccc(F)c1Cl. The number of aromatic carboxylic acids is 1. The molecule has 4 aromatic rings. The fraction of sp³-hybridized carbons (Fsp3) is 0.100. The van der Waals surface area contributed by atoms with Crippen molar-refractivity contribution < 1.29 is 23.4 Å². The molecule has 0 amide bonds. The molecule has 1 aromatic carbocycles. The van der Waals surface area contributed by atoms with Gasteiger partial charge in [-0.15, -0.1) is 11.3 Å². The van der Waals surface area contributed by atoms with Gasteiger partial charge in [0.25, 0.3) is 0 Å². The number of benzene rings is 1. The summed E-state index contributed by atoms with van der Waals surface area (Å²) in [7, 11) is 0. The zero-order valence-corrected chi connectivity index (χ0v) is 17.6. The fourth-order valence-electron chi connectivity index (χ4n) is 3.06. The lowest BCUT2D eigenvalue weighted by Gasteiger charge is -2.18. The van der Waals surface area contributed by atoms with Crippen LogP contribution in [0.1, 0.15) is 28.3 Å². The minimum absolute atomic E-state index is 0.0652. The Morgan fingerprint density at radius 3 is 2.87 bits per heavy atom. The van der Waals surface area contributed by atoms with Crippen LogP contribution in [0.3, 0.4) is 0 Å². The summed E-state index contributed by atoms with van der Waals surface area (Å²) in [6.07, 6.45) is 2.23. The summed E-state index contributed by atoms with van der Waals surface area (Å²) >= 11 is 13.4. The number of rotatable bonds is 5. The Hall–Kier alpha value is -2.81. The van der Waals surface area contributed by atoms with Gasteiger partial charge in [-0.3, -0.25) is 0 Å². The van der Waals surface area contributed by atoms with Crippen molar-refractivity contribution in [1.29, 1.82) is 0 Å². The van der Waals surface area contributed by atoms with Crippen LogP contribution in [0, 0.1) is 5.82 Å². The van der Waals surface area contributed by atoms with Gasteiger partial charge in [0.2, 0.25) is 5.75 Å². The Morgan fingerprint density at radius 1 is 1.40 bits per heavy atom. The van der Waals surface area contributed by atoms with Crippen LogP contribution in [0.25, 0.3) is 22.1 Å². The number of carboxylic acids is 1. The Labute approximate surface area is 183 Å². The molecule has 10 heteroatoms. The van der Waals surface area contributed by atoms with Crippen LogP contribution in [0.15, 0.2) is 40.5 Å². The number of nitrogens with zero attached hydrogens (tertiary/aromatic N) is 1. The average Bonchev–Trinajstić information content (AvgIpc) is 3.34. The molecule has 0 aliphatic carbocycles. The third-order valence-corrected chi connectivity index (χ3v) is 6.13. The molecule has 1 atom stereocenters. The number of anilines is 1. The van der Waals surface area contributed by atoms with Crippen LogP contribution in [0.5, 0.6) is 5.75 Å². The van der Waals surface area contributed by atoms with Crippen LogP contribution in [-0.2, 0) is 0 Å². The lowest BCUT2D eigenvalue weighted by molar-refractivity contribution is 0.0702. The number of nitrogen functional groups attached to an aromatic ring is 1. The van der Waals surface area contributed by atoms with E-state index in [0.717, 1.165) is 11.3 Å². The monoisotopic (exact) mass is 466 g/mol. The predicted octanol–water partition coefficient (Wildman–Crippen LogP) is 6.42. The van der Waals surface area contributed by atoms with Crippen LogP contribution < -0.4 is 10.5 Å². The van der Waals surface area contributed by atoms with Crippen LogP contribution >= 0.6 is 34.5 Å².